The van der Waals surface area contributed by atoms with Gasteiger partial charge < -0.3 is 14.6 Å². The predicted molar refractivity (Wildman–Crippen MR) is 121 cm³/mol. The summed E-state index contributed by atoms with van der Waals surface area (Å²) < 4.78 is 7.68. The Balaban J connectivity index is 1.52. The fourth-order valence-electron chi connectivity index (χ4n) is 2.69. The highest BCUT2D eigenvalue weighted by atomic mass is 35.5. The fraction of sp³-hybridized carbons (Fsp3) is 0.318. The average molecular weight is 445 g/mol. The molecule has 158 valence electrons. The molecular formula is C22H25ClN4O2S. The maximum Gasteiger partial charge on any atom is 0.234 e. The largest absolute Gasteiger partial charge is 0.486 e. The van der Waals surface area contributed by atoms with Gasteiger partial charge in [0, 0.05) is 17.8 Å². The number of nitrogens with one attached hydrogen (secondary N) is 1. The van der Waals surface area contributed by atoms with Crippen molar-refractivity contribution in [2.45, 2.75) is 37.9 Å². The van der Waals surface area contributed by atoms with Gasteiger partial charge in [-0.05, 0) is 41.3 Å². The fourth-order valence-corrected chi connectivity index (χ4v) is 3.61. The Morgan fingerprint density at radius 3 is 2.57 bits per heavy atom. The summed E-state index contributed by atoms with van der Waals surface area (Å²) in [5.41, 5.74) is 2.02. The first kappa shape index (κ1) is 22.2. The molecule has 0 radical (unpaired) electrons. The van der Waals surface area contributed by atoms with E-state index in [9.17, 15) is 4.79 Å². The van der Waals surface area contributed by atoms with E-state index in [0.717, 1.165) is 5.75 Å². The van der Waals surface area contributed by atoms with Gasteiger partial charge >= 0.3 is 0 Å². The third-order valence-electron chi connectivity index (χ3n) is 4.45. The average Bonchev–Trinajstić information content (AvgIpc) is 3.04. The summed E-state index contributed by atoms with van der Waals surface area (Å²) in [5, 5.41) is 12.4. The lowest BCUT2D eigenvalue weighted by atomic mass is 9.87. The molecule has 6 nitrogen and oxygen atoms in total. The van der Waals surface area contributed by atoms with Crippen LogP contribution in [0.25, 0.3) is 0 Å². The summed E-state index contributed by atoms with van der Waals surface area (Å²) in [6.45, 7) is 6.83. The first-order valence-electron chi connectivity index (χ1n) is 9.52. The van der Waals surface area contributed by atoms with Crippen LogP contribution in [0.4, 0.5) is 5.69 Å². The van der Waals surface area contributed by atoms with Crippen LogP contribution < -0.4 is 10.1 Å². The number of thioether (sulfide) groups is 1. The smallest absolute Gasteiger partial charge is 0.234 e. The second-order valence-electron chi connectivity index (χ2n) is 7.87. The summed E-state index contributed by atoms with van der Waals surface area (Å²) in [7, 11) is 1.86. The number of amides is 1. The van der Waals surface area contributed by atoms with Gasteiger partial charge in [-0.25, -0.2) is 0 Å². The van der Waals surface area contributed by atoms with Crippen LogP contribution in [-0.2, 0) is 23.9 Å². The minimum absolute atomic E-state index is 0.104. The number of carbonyl (C=O) groups is 1. The summed E-state index contributed by atoms with van der Waals surface area (Å²) >= 11 is 7.25. The van der Waals surface area contributed by atoms with Gasteiger partial charge in [0.25, 0.3) is 0 Å². The molecule has 0 spiro atoms. The van der Waals surface area contributed by atoms with E-state index in [-0.39, 0.29) is 17.1 Å². The minimum atomic E-state index is -0.137. The van der Waals surface area contributed by atoms with Crippen molar-refractivity contribution in [2.24, 2.45) is 7.05 Å². The van der Waals surface area contributed by atoms with E-state index < -0.39 is 0 Å². The number of anilines is 1. The number of hydrogen-bond acceptors (Lipinski definition) is 5. The first-order valence-corrected chi connectivity index (χ1v) is 10.9. The molecule has 0 saturated heterocycles. The summed E-state index contributed by atoms with van der Waals surface area (Å²) in [5.74, 6) is 1.55. The lowest BCUT2D eigenvalue weighted by Gasteiger charge is -2.19. The van der Waals surface area contributed by atoms with Crippen LogP contribution in [0.2, 0.25) is 5.02 Å². The quantitative estimate of drug-likeness (QED) is 0.515. The lowest BCUT2D eigenvalue weighted by molar-refractivity contribution is -0.113. The molecule has 0 aliphatic carbocycles. The van der Waals surface area contributed by atoms with Crippen molar-refractivity contribution in [3.05, 3.63) is 64.9 Å². The molecule has 1 N–H and O–H groups in total. The number of aromatic nitrogens is 3. The van der Waals surface area contributed by atoms with E-state index in [1.807, 2.05) is 23.7 Å². The number of benzene rings is 2. The number of carbonyl (C=O) groups excluding carboxylic acids is 1. The van der Waals surface area contributed by atoms with Crippen molar-refractivity contribution in [1.82, 2.24) is 14.8 Å². The van der Waals surface area contributed by atoms with E-state index in [0.29, 0.717) is 28.3 Å². The van der Waals surface area contributed by atoms with Crippen molar-refractivity contribution in [1.29, 1.82) is 0 Å². The standard InChI is InChI=1S/C22H25ClN4O2S/c1-22(2,3)15-8-10-18(11-9-15)29-13-19-25-26-21(27(19)4)30-14-20(28)24-17-7-5-6-16(23)12-17/h5-12H,13-14H2,1-4H3,(H,24,28). The Labute approximate surface area is 186 Å². The summed E-state index contributed by atoms with van der Waals surface area (Å²) in [6, 6.07) is 15.1. The number of rotatable bonds is 7. The third kappa shape index (κ3) is 6.00. The Morgan fingerprint density at radius 1 is 1.17 bits per heavy atom. The van der Waals surface area contributed by atoms with Crippen LogP contribution in [0.15, 0.2) is 53.7 Å². The molecule has 1 aromatic heterocycles. The minimum Gasteiger partial charge on any atom is -0.486 e. The monoisotopic (exact) mass is 444 g/mol. The second-order valence-corrected chi connectivity index (χ2v) is 9.25. The zero-order valence-electron chi connectivity index (χ0n) is 17.5. The van der Waals surface area contributed by atoms with Crippen molar-refractivity contribution in [3.8, 4) is 5.75 Å². The first-order chi connectivity index (χ1) is 14.2. The van der Waals surface area contributed by atoms with Gasteiger partial charge in [-0.1, -0.05) is 62.3 Å². The van der Waals surface area contributed by atoms with E-state index in [1.54, 1.807) is 24.3 Å². The van der Waals surface area contributed by atoms with E-state index in [2.05, 4.69) is 48.4 Å². The highest BCUT2D eigenvalue weighted by Crippen LogP contribution is 2.25. The van der Waals surface area contributed by atoms with Crippen molar-refractivity contribution >= 4 is 35.0 Å². The van der Waals surface area contributed by atoms with Gasteiger partial charge in [0.2, 0.25) is 5.91 Å². The molecule has 0 fully saturated rings. The molecule has 3 rings (SSSR count). The molecule has 0 aliphatic heterocycles. The van der Waals surface area contributed by atoms with E-state index in [1.165, 1.54) is 17.3 Å². The van der Waals surface area contributed by atoms with Crippen molar-refractivity contribution in [2.75, 3.05) is 11.1 Å². The Morgan fingerprint density at radius 2 is 1.90 bits per heavy atom. The molecule has 0 bridgehead atoms. The maximum absolute atomic E-state index is 12.2. The zero-order chi connectivity index (χ0) is 21.7. The van der Waals surface area contributed by atoms with E-state index in [4.69, 9.17) is 16.3 Å². The molecule has 3 aromatic rings. The highest BCUT2D eigenvalue weighted by Gasteiger charge is 2.14. The molecule has 0 saturated carbocycles. The van der Waals surface area contributed by atoms with Crippen LogP contribution in [0.3, 0.4) is 0 Å². The van der Waals surface area contributed by atoms with Gasteiger partial charge in [0.1, 0.15) is 12.4 Å². The highest BCUT2D eigenvalue weighted by molar-refractivity contribution is 7.99. The Bertz CT molecular complexity index is 1010. The summed E-state index contributed by atoms with van der Waals surface area (Å²) in [4.78, 5) is 12.2. The van der Waals surface area contributed by atoms with Crippen LogP contribution in [0.1, 0.15) is 32.2 Å². The van der Waals surface area contributed by atoms with Gasteiger partial charge in [-0.3, -0.25) is 4.79 Å². The number of nitrogens with zero attached hydrogens (tertiary/aromatic N) is 3. The topological polar surface area (TPSA) is 69.0 Å². The lowest BCUT2D eigenvalue weighted by Crippen LogP contribution is -2.14. The predicted octanol–water partition coefficient (Wildman–Crippen LogP) is 5.08. The van der Waals surface area contributed by atoms with E-state index >= 15 is 0 Å². The van der Waals surface area contributed by atoms with Crippen molar-refractivity contribution < 1.29 is 9.53 Å². The van der Waals surface area contributed by atoms with Gasteiger partial charge in [-0.2, -0.15) is 0 Å². The molecule has 1 heterocycles. The SMILES string of the molecule is Cn1c(COc2ccc(C(C)(C)C)cc2)nnc1SCC(=O)Nc1cccc(Cl)c1. The van der Waals surface area contributed by atoms with Gasteiger partial charge in [-0.15, -0.1) is 10.2 Å². The number of ether oxygens (including phenoxy) is 1. The van der Waals surface area contributed by atoms with Crippen molar-refractivity contribution in [3.63, 3.8) is 0 Å². The Hall–Kier alpha value is -2.51. The third-order valence-corrected chi connectivity index (χ3v) is 5.71. The van der Waals surface area contributed by atoms with Crippen LogP contribution in [0, 0.1) is 0 Å². The maximum atomic E-state index is 12.2. The van der Waals surface area contributed by atoms with Crippen LogP contribution in [-0.4, -0.2) is 26.4 Å². The zero-order valence-corrected chi connectivity index (χ0v) is 19.0. The Kier molecular flexibility index (Phi) is 7.05. The molecule has 8 heteroatoms. The molecule has 0 unspecified atom stereocenters. The molecular weight excluding hydrogens is 420 g/mol. The molecule has 0 atom stereocenters. The molecule has 30 heavy (non-hydrogen) atoms. The van der Waals surface area contributed by atoms with Crippen LogP contribution in [0.5, 0.6) is 5.75 Å². The second kappa shape index (κ2) is 9.53. The van der Waals surface area contributed by atoms with Crippen LogP contribution >= 0.6 is 23.4 Å². The van der Waals surface area contributed by atoms with Gasteiger partial charge in [0.05, 0.1) is 5.75 Å². The molecule has 0 aliphatic rings. The number of hydrogen-bond donors (Lipinski definition) is 1. The molecule has 1 amide bonds. The normalized spacial score (nSPS) is 11.4. The van der Waals surface area contributed by atoms with Gasteiger partial charge in [0.15, 0.2) is 11.0 Å². The summed E-state index contributed by atoms with van der Waals surface area (Å²) in [6.07, 6.45) is 0. The molecule has 2 aromatic carbocycles. The number of halogens is 1.